The van der Waals surface area contributed by atoms with Gasteiger partial charge in [0.05, 0.1) is 36.7 Å². The first kappa shape index (κ1) is 41.5. The maximum absolute atomic E-state index is 14.2. The molecule has 4 N–H and O–H groups in total. The summed E-state index contributed by atoms with van der Waals surface area (Å²) in [5.41, 5.74) is 6.35. The molecule has 1 amide bonds. The van der Waals surface area contributed by atoms with Crippen LogP contribution in [0.25, 0.3) is 0 Å². The predicted octanol–water partition coefficient (Wildman–Crippen LogP) is 7.12. The number of carboxylic acid groups (broad SMARTS) is 1. The summed E-state index contributed by atoms with van der Waals surface area (Å²) < 4.78 is 6.16. The van der Waals surface area contributed by atoms with E-state index in [-0.39, 0.29) is 83.8 Å². The number of pyridine rings is 1. The minimum absolute atomic E-state index is 0.0110. The molecule has 55 heavy (non-hydrogen) atoms. The highest BCUT2D eigenvalue weighted by atomic mass is 16.5. The van der Waals surface area contributed by atoms with E-state index < -0.39 is 28.9 Å². The minimum Gasteiger partial charge on any atom is -0.481 e. The van der Waals surface area contributed by atoms with Crippen molar-refractivity contribution in [3.05, 3.63) is 41.2 Å². The number of hydrogen-bond donors (Lipinski definition) is 3. The lowest BCUT2D eigenvalue weighted by Crippen LogP contribution is -2.66. The number of allylic oxidation sites excluding steroid dienone is 1. The van der Waals surface area contributed by atoms with E-state index in [0.29, 0.717) is 18.3 Å². The molecule has 9 atom stereocenters. The fourth-order valence-corrected chi connectivity index (χ4v) is 13.4. The number of ether oxygens (including phenoxy) is 1. The molecule has 0 bridgehead atoms. The first-order valence-electron chi connectivity index (χ1n) is 20.9. The molecule has 5 aliphatic carbocycles. The molecule has 1 aromatic heterocycles. The second-order valence-electron chi connectivity index (χ2n) is 20.4. The Morgan fingerprint density at radius 3 is 2.31 bits per heavy atom. The van der Waals surface area contributed by atoms with E-state index in [0.717, 1.165) is 56.2 Å². The second-order valence-corrected chi connectivity index (χ2v) is 20.4. The molecule has 10 nitrogen and oxygen atoms in total. The van der Waals surface area contributed by atoms with Gasteiger partial charge in [-0.2, -0.15) is 0 Å². The van der Waals surface area contributed by atoms with Crippen LogP contribution in [-0.4, -0.2) is 69.0 Å². The minimum atomic E-state index is -1.19. The molecule has 5 aliphatic rings. The number of aromatic nitrogens is 1. The summed E-state index contributed by atoms with van der Waals surface area (Å²) in [6.07, 6.45) is 7.85. The van der Waals surface area contributed by atoms with Crippen molar-refractivity contribution in [3.63, 3.8) is 0 Å². The molecule has 304 valence electrons. The quantitative estimate of drug-likeness (QED) is 0.200. The van der Waals surface area contributed by atoms with Crippen molar-refractivity contribution >= 4 is 23.6 Å². The van der Waals surface area contributed by atoms with Crippen LogP contribution in [0.4, 0.5) is 0 Å². The number of carbonyl (C=O) groups is 4. The van der Waals surface area contributed by atoms with Gasteiger partial charge in [-0.25, -0.2) is 0 Å². The molecular weight excluding hydrogens is 695 g/mol. The standard InChI is InChI=1S/C45H67N3O7/c1-27(2)37-30(49)22-45(33(50)26-48(35(51)24-46)25-28-12-10-11-21-47-28)20-19-43(8)29(38(37)45)13-14-32-42(7)17-16-34(55-36(52)23-40(3,4)39(53)54)41(5,6)31(42)15-18-44(32,43)9/h10-12,21,27,29,31-34,50H,13-20,22-26,46H2,1-9H3,(H,53,54)/t29-,31+,32-,33+,34-,42+,43-,44-,45+/m1/s1. The molecule has 1 aromatic rings. The average molecular weight is 762 g/mol. The number of aliphatic hydroxyl groups excluding tert-OH is 1. The summed E-state index contributed by atoms with van der Waals surface area (Å²) in [6.45, 7) is 19.5. The number of ketones is 1. The number of rotatable bonds is 11. The first-order chi connectivity index (χ1) is 25.6. The normalized spacial score (nSPS) is 36.0. The number of hydrogen-bond acceptors (Lipinski definition) is 8. The van der Waals surface area contributed by atoms with Crippen LogP contribution in [0.3, 0.4) is 0 Å². The third-order valence-corrected chi connectivity index (χ3v) is 16.5. The highest BCUT2D eigenvalue weighted by molar-refractivity contribution is 6.00. The van der Waals surface area contributed by atoms with Crippen LogP contribution in [-0.2, 0) is 30.5 Å². The molecule has 4 saturated carbocycles. The Morgan fingerprint density at radius 1 is 0.982 bits per heavy atom. The van der Waals surface area contributed by atoms with Crippen molar-refractivity contribution in [3.8, 4) is 0 Å². The van der Waals surface area contributed by atoms with Gasteiger partial charge >= 0.3 is 11.9 Å². The van der Waals surface area contributed by atoms with Gasteiger partial charge in [-0.15, -0.1) is 0 Å². The Labute approximate surface area is 328 Å². The summed E-state index contributed by atoms with van der Waals surface area (Å²) >= 11 is 0. The van der Waals surface area contributed by atoms with Crippen molar-refractivity contribution in [2.24, 2.45) is 61.9 Å². The molecule has 0 radical (unpaired) electrons. The van der Waals surface area contributed by atoms with Gasteiger partial charge in [-0.1, -0.05) is 60.1 Å². The molecule has 6 rings (SSSR count). The van der Waals surface area contributed by atoms with Crippen LogP contribution in [0.2, 0.25) is 0 Å². The molecular formula is C45H67N3O7. The maximum Gasteiger partial charge on any atom is 0.309 e. The number of nitrogens with two attached hydrogens (primary N) is 1. The monoisotopic (exact) mass is 761 g/mol. The van der Waals surface area contributed by atoms with Crippen molar-refractivity contribution in [1.82, 2.24) is 9.88 Å². The summed E-state index contributed by atoms with van der Waals surface area (Å²) in [6, 6.07) is 5.58. The van der Waals surface area contributed by atoms with E-state index in [1.807, 2.05) is 18.2 Å². The number of carbonyl (C=O) groups excluding carboxylic acids is 3. The number of aliphatic carboxylic acids is 1. The van der Waals surface area contributed by atoms with Crippen molar-refractivity contribution < 1.29 is 34.1 Å². The zero-order valence-electron chi connectivity index (χ0n) is 34.9. The van der Waals surface area contributed by atoms with Gasteiger partial charge in [0.1, 0.15) is 6.10 Å². The smallest absolute Gasteiger partial charge is 0.309 e. The van der Waals surface area contributed by atoms with Crippen LogP contribution in [0.15, 0.2) is 35.5 Å². The number of amides is 1. The maximum atomic E-state index is 14.2. The van der Waals surface area contributed by atoms with E-state index in [1.165, 1.54) is 5.57 Å². The van der Waals surface area contributed by atoms with Gasteiger partial charge in [0, 0.05) is 30.0 Å². The van der Waals surface area contributed by atoms with E-state index in [2.05, 4.69) is 53.5 Å². The fourth-order valence-electron chi connectivity index (χ4n) is 13.4. The number of esters is 1. The fraction of sp³-hybridized carbons (Fsp3) is 0.756. The predicted molar refractivity (Wildman–Crippen MR) is 210 cm³/mol. The van der Waals surface area contributed by atoms with E-state index in [4.69, 9.17) is 10.5 Å². The molecule has 10 heteroatoms. The second kappa shape index (κ2) is 14.4. The third kappa shape index (κ3) is 6.59. The zero-order chi connectivity index (χ0) is 40.5. The lowest BCUT2D eigenvalue weighted by atomic mass is 9.33. The third-order valence-electron chi connectivity index (χ3n) is 16.5. The van der Waals surface area contributed by atoms with Crippen molar-refractivity contribution in [2.45, 2.75) is 145 Å². The summed E-state index contributed by atoms with van der Waals surface area (Å²) in [7, 11) is 0. The Bertz CT molecular complexity index is 1720. The number of nitrogens with zero attached hydrogens (tertiary/aromatic N) is 2. The van der Waals surface area contributed by atoms with E-state index >= 15 is 0 Å². The molecule has 0 unspecified atom stereocenters. The van der Waals surface area contributed by atoms with Crippen LogP contribution >= 0.6 is 0 Å². The summed E-state index contributed by atoms with van der Waals surface area (Å²) in [4.78, 5) is 58.3. The van der Waals surface area contributed by atoms with Crippen LogP contribution in [0.5, 0.6) is 0 Å². The SMILES string of the molecule is CC(C)C1=C2[C@H]3CC[C@@H]4[C@@]5(C)CC[C@@H](OC(=O)CC(C)(C)C(=O)O)C(C)(C)[C@@H]5CC[C@@]4(C)[C@]3(C)CC[C@@]2([C@@H](O)CN(Cc2ccccn2)C(=O)CN)CC1=O. The molecule has 0 spiro atoms. The molecule has 1 heterocycles. The number of aliphatic hydroxyl groups is 1. The van der Waals surface area contributed by atoms with Gasteiger partial charge in [-0.05, 0) is 123 Å². The molecule has 4 fully saturated rings. The van der Waals surface area contributed by atoms with Gasteiger partial charge < -0.3 is 25.6 Å². The van der Waals surface area contributed by atoms with Crippen LogP contribution < -0.4 is 5.73 Å². The van der Waals surface area contributed by atoms with Gasteiger partial charge in [0.2, 0.25) is 5.91 Å². The van der Waals surface area contributed by atoms with Crippen molar-refractivity contribution in [1.29, 1.82) is 0 Å². The van der Waals surface area contributed by atoms with E-state index in [1.54, 1.807) is 24.9 Å². The van der Waals surface area contributed by atoms with Crippen LogP contribution in [0.1, 0.15) is 132 Å². The van der Waals surface area contributed by atoms with Crippen LogP contribution in [0, 0.1) is 56.2 Å². The number of Topliss-reactive ketones (excluding diaryl/α,β-unsaturated/α-hetero) is 1. The Kier molecular flexibility index (Phi) is 10.8. The highest BCUT2D eigenvalue weighted by Crippen LogP contribution is 2.77. The Hall–Kier alpha value is -3.11. The number of carboxylic acids is 1. The van der Waals surface area contributed by atoms with Gasteiger partial charge in [0.25, 0.3) is 0 Å². The summed E-state index contributed by atoms with van der Waals surface area (Å²) in [5.74, 6) is -0.655. The molecule has 0 aromatic carbocycles. The lowest BCUT2D eigenvalue weighted by molar-refractivity contribution is -0.235. The lowest BCUT2D eigenvalue weighted by Gasteiger charge is -2.72. The van der Waals surface area contributed by atoms with Crippen molar-refractivity contribution in [2.75, 3.05) is 13.1 Å². The average Bonchev–Trinajstić information content (AvgIpc) is 3.42. The molecule has 0 aliphatic heterocycles. The van der Waals surface area contributed by atoms with Gasteiger partial charge in [0.15, 0.2) is 5.78 Å². The topological polar surface area (TPSA) is 160 Å². The number of fused-ring (bicyclic) bond motifs is 7. The highest BCUT2D eigenvalue weighted by Gasteiger charge is 2.71. The first-order valence-corrected chi connectivity index (χ1v) is 20.9. The largest absolute Gasteiger partial charge is 0.481 e. The Morgan fingerprint density at radius 2 is 1.69 bits per heavy atom. The Balaban J connectivity index is 1.30. The molecule has 0 saturated heterocycles. The zero-order valence-corrected chi connectivity index (χ0v) is 34.9. The van der Waals surface area contributed by atoms with E-state index in [9.17, 15) is 29.4 Å². The summed E-state index contributed by atoms with van der Waals surface area (Å²) in [5, 5.41) is 22.1. The van der Waals surface area contributed by atoms with Gasteiger partial charge in [-0.3, -0.25) is 24.2 Å².